The minimum Gasteiger partial charge on any atom is -0.396 e. The molecule has 1 heterocycles. The number of nitrogen functional groups attached to an aromatic ring is 2. The van der Waals surface area contributed by atoms with Gasteiger partial charge in [0.25, 0.3) is 5.56 Å². The number of nitrogens with one attached hydrogen (secondary N) is 1. The lowest BCUT2D eigenvalue weighted by Gasteiger charge is -2.13. The van der Waals surface area contributed by atoms with E-state index < -0.39 is 22.9 Å². The Morgan fingerprint density at radius 3 is 2.67 bits per heavy atom. The van der Waals surface area contributed by atoms with Gasteiger partial charge in [0.15, 0.2) is 0 Å². The summed E-state index contributed by atoms with van der Waals surface area (Å²) in [4.78, 5) is 27.7. The number of aromatic nitrogens is 2. The quantitative estimate of drug-likeness (QED) is 0.378. The summed E-state index contributed by atoms with van der Waals surface area (Å²) in [5.74, 6) is -0.937. The Balaban J connectivity index is 3.11. The molecule has 0 radical (unpaired) electrons. The molecule has 9 nitrogen and oxygen atoms in total. The van der Waals surface area contributed by atoms with Crippen molar-refractivity contribution in [3.05, 3.63) is 26.0 Å². The van der Waals surface area contributed by atoms with E-state index in [1.807, 2.05) is 0 Å². The lowest BCUT2D eigenvalue weighted by molar-refractivity contribution is -0.483. The first kappa shape index (κ1) is 13.9. The van der Waals surface area contributed by atoms with Crippen LogP contribution in [0.4, 0.5) is 11.8 Å². The van der Waals surface area contributed by atoms with Crippen molar-refractivity contribution in [3.8, 4) is 0 Å². The maximum Gasteiger partial charge on any atom is 0.258 e. The first-order chi connectivity index (χ1) is 8.45. The van der Waals surface area contributed by atoms with Crippen molar-refractivity contribution >= 4 is 11.8 Å². The molecule has 0 aliphatic carbocycles. The standard InChI is InChI=1S/C9H15N5O4/c10-7-6(8(16)13-9(11)12-7)5(2-1-3-15)4-14(17)18/h5,15H,1-4H2,(H5,10,11,12,13,16). The fourth-order valence-electron chi connectivity index (χ4n) is 1.76. The zero-order chi connectivity index (χ0) is 13.7. The molecule has 0 aliphatic rings. The highest BCUT2D eigenvalue weighted by molar-refractivity contribution is 5.43. The molecule has 1 rings (SSSR count). The summed E-state index contributed by atoms with van der Waals surface area (Å²) < 4.78 is 0. The van der Waals surface area contributed by atoms with Gasteiger partial charge in [0.2, 0.25) is 12.5 Å². The number of rotatable bonds is 6. The van der Waals surface area contributed by atoms with Crippen molar-refractivity contribution in [1.82, 2.24) is 9.97 Å². The van der Waals surface area contributed by atoms with Crippen LogP contribution in [-0.4, -0.2) is 33.1 Å². The Hall–Kier alpha value is -2.16. The van der Waals surface area contributed by atoms with E-state index in [9.17, 15) is 14.9 Å². The van der Waals surface area contributed by atoms with Crippen molar-refractivity contribution in [2.75, 3.05) is 24.6 Å². The number of hydrogen-bond donors (Lipinski definition) is 4. The van der Waals surface area contributed by atoms with Gasteiger partial charge in [0, 0.05) is 11.5 Å². The number of nitrogens with two attached hydrogens (primary N) is 2. The molecule has 0 aromatic carbocycles. The summed E-state index contributed by atoms with van der Waals surface area (Å²) in [5.41, 5.74) is 10.4. The van der Waals surface area contributed by atoms with Crippen LogP contribution in [0.15, 0.2) is 4.79 Å². The minimum atomic E-state index is -0.691. The van der Waals surface area contributed by atoms with Crippen LogP contribution in [0.3, 0.4) is 0 Å². The molecule has 0 saturated heterocycles. The van der Waals surface area contributed by atoms with Gasteiger partial charge in [0.1, 0.15) is 5.82 Å². The molecule has 0 aliphatic heterocycles. The SMILES string of the molecule is Nc1nc(N)c(C(CCCO)C[N+](=O)[O-])c(=O)[nH]1. The van der Waals surface area contributed by atoms with Gasteiger partial charge in [-0.05, 0) is 12.8 Å². The Kier molecular flexibility index (Phi) is 4.60. The van der Waals surface area contributed by atoms with Gasteiger partial charge >= 0.3 is 0 Å². The van der Waals surface area contributed by atoms with Crippen LogP contribution in [0.2, 0.25) is 0 Å². The molecule has 0 bridgehead atoms. The Labute approximate surface area is 102 Å². The molecule has 1 aromatic heterocycles. The summed E-state index contributed by atoms with van der Waals surface area (Å²) in [7, 11) is 0. The van der Waals surface area contributed by atoms with Gasteiger partial charge in [-0.2, -0.15) is 4.98 Å². The molecule has 1 atom stereocenters. The number of hydrogen-bond acceptors (Lipinski definition) is 7. The molecule has 100 valence electrons. The summed E-state index contributed by atoms with van der Waals surface area (Å²) >= 11 is 0. The third-order valence-electron chi connectivity index (χ3n) is 2.49. The van der Waals surface area contributed by atoms with Crippen LogP contribution < -0.4 is 17.0 Å². The molecule has 0 saturated carbocycles. The van der Waals surface area contributed by atoms with Gasteiger partial charge < -0.3 is 16.6 Å². The zero-order valence-electron chi connectivity index (χ0n) is 9.63. The van der Waals surface area contributed by atoms with Gasteiger partial charge in [-0.15, -0.1) is 0 Å². The Bertz CT molecular complexity index is 486. The van der Waals surface area contributed by atoms with Crippen LogP contribution in [0.5, 0.6) is 0 Å². The number of H-pyrrole nitrogens is 1. The molecule has 0 fully saturated rings. The normalized spacial score (nSPS) is 12.3. The molecule has 6 N–H and O–H groups in total. The third kappa shape index (κ3) is 3.42. The van der Waals surface area contributed by atoms with E-state index in [-0.39, 0.29) is 30.4 Å². The first-order valence-corrected chi connectivity index (χ1v) is 5.33. The van der Waals surface area contributed by atoms with Crippen molar-refractivity contribution in [2.24, 2.45) is 0 Å². The van der Waals surface area contributed by atoms with Crippen LogP contribution in [0, 0.1) is 10.1 Å². The monoisotopic (exact) mass is 257 g/mol. The van der Waals surface area contributed by atoms with E-state index >= 15 is 0 Å². The molecular formula is C9H15N5O4. The van der Waals surface area contributed by atoms with E-state index in [0.29, 0.717) is 6.42 Å². The van der Waals surface area contributed by atoms with E-state index in [4.69, 9.17) is 16.6 Å². The summed E-state index contributed by atoms with van der Waals surface area (Å²) in [6.45, 7) is -0.562. The van der Waals surface area contributed by atoms with Crippen molar-refractivity contribution < 1.29 is 10.0 Å². The first-order valence-electron chi connectivity index (χ1n) is 5.33. The van der Waals surface area contributed by atoms with Gasteiger partial charge in [-0.3, -0.25) is 19.9 Å². The van der Waals surface area contributed by atoms with E-state index in [1.54, 1.807) is 0 Å². The highest BCUT2D eigenvalue weighted by Gasteiger charge is 2.24. The van der Waals surface area contributed by atoms with Crippen molar-refractivity contribution in [3.63, 3.8) is 0 Å². The summed E-state index contributed by atoms with van der Waals surface area (Å²) in [6, 6.07) is 0. The fourth-order valence-corrected chi connectivity index (χ4v) is 1.76. The average molecular weight is 257 g/mol. The summed E-state index contributed by atoms with van der Waals surface area (Å²) in [6.07, 6.45) is 0.609. The van der Waals surface area contributed by atoms with E-state index in [0.717, 1.165) is 0 Å². The van der Waals surface area contributed by atoms with Crippen LogP contribution >= 0.6 is 0 Å². The second-order valence-corrected chi connectivity index (χ2v) is 3.83. The molecule has 1 aromatic rings. The van der Waals surface area contributed by atoms with Crippen LogP contribution in [0.25, 0.3) is 0 Å². The predicted molar refractivity (Wildman–Crippen MR) is 64.6 cm³/mol. The number of aliphatic hydroxyl groups is 1. The maximum absolute atomic E-state index is 11.7. The fraction of sp³-hybridized carbons (Fsp3) is 0.556. The number of aliphatic hydroxyl groups excluding tert-OH is 1. The highest BCUT2D eigenvalue weighted by Crippen LogP contribution is 2.22. The molecule has 1 unspecified atom stereocenters. The second-order valence-electron chi connectivity index (χ2n) is 3.83. The highest BCUT2D eigenvalue weighted by atomic mass is 16.6. The number of nitrogens with zero attached hydrogens (tertiary/aromatic N) is 2. The molecule has 18 heavy (non-hydrogen) atoms. The largest absolute Gasteiger partial charge is 0.396 e. The van der Waals surface area contributed by atoms with Gasteiger partial charge in [-0.25, -0.2) is 0 Å². The number of anilines is 2. The number of aromatic amines is 1. The minimum absolute atomic E-state index is 0.0503. The average Bonchev–Trinajstić information content (AvgIpc) is 2.23. The van der Waals surface area contributed by atoms with E-state index in [2.05, 4.69) is 9.97 Å². The number of nitro groups is 1. The lowest BCUT2D eigenvalue weighted by Crippen LogP contribution is -2.25. The van der Waals surface area contributed by atoms with Crippen molar-refractivity contribution in [1.29, 1.82) is 0 Å². The van der Waals surface area contributed by atoms with Gasteiger partial charge in [0.05, 0.1) is 11.5 Å². The van der Waals surface area contributed by atoms with Gasteiger partial charge in [-0.1, -0.05) is 0 Å². The maximum atomic E-state index is 11.7. The summed E-state index contributed by atoms with van der Waals surface area (Å²) in [5, 5.41) is 19.3. The topological polar surface area (TPSA) is 161 Å². The molecule has 0 amide bonds. The smallest absolute Gasteiger partial charge is 0.258 e. The molecule has 9 heteroatoms. The van der Waals surface area contributed by atoms with E-state index in [1.165, 1.54) is 0 Å². The molecular weight excluding hydrogens is 242 g/mol. The predicted octanol–water partition coefficient (Wildman–Crippen LogP) is -0.933. The lowest BCUT2D eigenvalue weighted by atomic mass is 9.95. The van der Waals surface area contributed by atoms with Crippen molar-refractivity contribution in [2.45, 2.75) is 18.8 Å². The Morgan fingerprint density at radius 2 is 2.17 bits per heavy atom. The third-order valence-corrected chi connectivity index (χ3v) is 2.49. The second kappa shape index (κ2) is 5.96. The molecule has 0 spiro atoms. The van der Waals surface area contributed by atoms with Crippen LogP contribution in [-0.2, 0) is 0 Å². The zero-order valence-corrected chi connectivity index (χ0v) is 9.63. The van der Waals surface area contributed by atoms with Crippen LogP contribution in [0.1, 0.15) is 24.3 Å². The Morgan fingerprint density at radius 1 is 1.50 bits per heavy atom.